The normalized spacial score (nSPS) is 11.8. The van der Waals surface area contributed by atoms with Gasteiger partial charge in [0.25, 0.3) is 0 Å². The summed E-state index contributed by atoms with van der Waals surface area (Å²) in [6, 6.07) is 13.4. The molecule has 0 fully saturated rings. The molecule has 0 saturated heterocycles. The van der Waals surface area contributed by atoms with Crippen molar-refractivity contribution in [3.05, 3.63) is 59.9 Å². The molecule has 0 aliphatic rings. The lowest BCUT2D eigenvalue weighted by Crippen LogP contribution is -2.32. The smallest absolute Gasteiger partial charge is 0.233 e. The number of benzene rings is 1. The quantitative estimate of drug-likeness (QED) is 0.814. The molecule has 19 heavy (non-hydrogen) atoms. The molecule has 0 saturated carbocycles. The SMILES string of the molecule is O=C(NCc1cccnn1)C(S)Cc1ccccc1. The van der Waals surface area contributed by atoms with Gasteiger partial charge in [0.05, 0.1) is 17.5 Å². The molecule has 0 spiro atoms. The van der Waals surface area contributed by atoms with Crippen LogP contribution in [0.1, 0.15) is 11.3 Å². The molecule has 4 nitrogen and oxygen atoms in total. The lowest BCUT2D eigenvalue weighted by Gasteiger charge is -2.11. The van der Waals surface area contributed by atoms with Gasteiger partial charge in [0.15, 0.2) is 0 Å². The maximum absolute atomic E-state index is 11.9. The van der Waals surface area contributed by atoms with Crippen molar-refractivity contribution in [2.24, 2.45) is 0 Å². The number of carbonyl (C=O) groups is 1. The molecule has 0 radical (unpaired) electrons. The number of hydrogen-bond acceptors (Lipinski definition) is 4. The van der Waals surface area contributed by atoms with Crippen LogP contribution in [0.2, 0.25) is 0 Å². The van der Waals surface area contributed by atoms with Crippen molar-refractivity contribution in [1.82, 2.24) is 15.5 Å². The van der Waals surface area contributed by atoms with Gasteiger partial charge < -0.3 is 5.32 Å². The largest absolute Gasteiger partial charge is 0.349 e. The van der Waals surface area contributed by atoms with Crippen LogP contribution in [-0.4, -0.2) is 21.4 Å². The number of nitrogens with zero attached hydrogens (tertiary/aromatic N) is 2. The first kappa shape index (κ1) is 13.5. The monoisotopic (exact) mass is 273 g/mol. The van der Waals surface area contributed by atoms with Crippen LogP contribution >= 0.6 is 12.6 Å². The highest BCUT2D eigenvalue weighted by Gasteiger charge is 2.14. The average Bonchev–Trinajstić information content (AvgIpc) is 2.47. The van der Waals surface area contributed by atoms with Crippen LogP contribution < -0.4 is 5.32 Å². The van der Waals surface area contributed by atoms with E-state index in [9.17, 15) is 4.79 Å². The predicted molar refractivity (Wildman–Crippen MR) is 76.8 cm³/mol. The summed E-state index contributed by atoms with van der Waals surface area (Å²) in [7, 11) is 0. The first-order valence-electron chi connectivity index (χ1n) is 6.02. The summed E-state index contributed by atoms with van der Waals surface area (Å²) < 4.78 is 0. The maximum atomic E-state index is 11.9. The highest BCUT2D eigenvalue weighted by Crippen LogP contribution is 2.08. The fourth-order valence-electron chi connectivity index (χ4n) is 1.65. The van der Waals surface area contributed by atoms with Gasteiger partial charge in [-0.15, -0.1) is 0 Å². The Morgan fingerprint density at radius 2 is 2.00 bits per heavy atom. The minimum absolute atomic E-state index is 0.0992. The van der Waals surface area contributed by atoms with Crippen LogP contribution in [0.3, 0.4) is 0 Å². The van der Waals surface area contributed by atoms with Gasteiger partial charge in [-0.3, -0.25) is 4.79 Å². The van der Waals surface area contributed by atoms with Gasteiger partial charge in [-0.05, 0) is 24.1 Å². The third-order valence-electron chi connectivity index (χ3n) is 2.65. The van der Waals surface area contributed by atoms with E-state index in [1.54, 1.807) is 12.3 Å². The minimum Gasteiger partial charge on any atom is -0.349 e. The Bertz CT molecular complexity index is 519. The van der Waals surface area contributed by atoms with Crippen LogP contribution in [0.15, 0.2) is 48.7 Å². The molecule has 98 valence electrons. The Balaban J connectivity index is 1.83. The lowest BCUT2D eigenvalue weighted by atomic mass is 10.1. The van der Waals surface area contributed by atoms with Crippen LogP contribution in [0.5, 0.6) is 0 Å². The summed E-state index contributed by atoms with van der Waals surface area (Å²) in [6.07, 6.45) is 2.21. The number of nitrogens with one attached hydrogen (secondary N) is 1. The number of aromatic nitrogens is 2. The van der Waals surface area contributed by atoms with Gasteiger partial charge in [0.1, 0.15) is 0 Å². The Morgan fingerprint density at radius 3 is 2.68 bits per heavy atom. The maximum Gasteiger partial charge on any atom is 0.233 e. The van der Waals surface area contributed by atoms with Gasteiger partial charge in [-0.25, -0.2) is 0 Å². The zero-order chi connectivity index (χ0) is 13.5. The number of thiol groups is 1. The van der Waals surface area contributed by atoms with Crippen LogP contribution in [0.4, 0.5) is 0 Å². The van der Waals surface area contributed by atoms with Crippen molar-refractivity contribution in [2.75, 3.05) is 0 Å². The topological polar surface area (TPSA) is 54.9 Å². The Hall–Kier alpha value is -1.88. The van der Waals surface area contributed by atoms with Crippen molar-refractivity contribution in [3.8, 4) is 0 Å². The summed E-state index contributed by atoms with van der Waals surface area (Å²) >= 11 is 4.33. The summed E-state index contributed by atoms with van der Waals surface area (Å²) in [5.41, 5.74) is 1.83. The number of amides is 1. The summed E-state index contributed by atoms with van der Waals surface area (Å²) in [5.74, 6) is -0.0992. The molecular formula is C14H15N3OS. The molecule has 0 aliphatic heterocycles. The Kier molecular flexibility index (Phi) is 4.92. The fraction of sp³-hybridized carbons (Fsp3) is 0.214. The first-order valence-corrected chi connectivity index (χ1v) is 6.53. The van der Waals surface area contributed by atoms with Gasteiger partial charge in [0.2, 0.25) is 5.91 Å². The molecule has 1 amide bonds. The fourth-order valence-corrected chi connectivity index (χ4v) is 1.96. The molecule has 0 bridgehead atoms. The number of rotatable bonds is 5. The second-order valence-corrected chi connectivity index (χ2v) is 4.76. The van der Waals surface area contributed by atoms with E-state index in [1.807, 2.05) is 36.4 Å². The highest BCUT2D eigenvalue weighted by atomic mass is 32.1. The van der Waals surface area contributed by atoms with Crippen molar-refractivity contribution in [1.29, 1.82) is 0 Å². The van der Waals surface area contributed by atoms with Gasteiger partial charge >= 0.3 is 0 Å². The first-order chi connectivity index (χ1) is 9.25. The second-order valence-electron chi connectivity index (χ2n) is 4.14. The molecule has 1 aromatic carbocycles. The van der Waals surface area contributed by atoms with Crippen molar-refractivity contribution in [3.63, 3.8) is 0 Å². The lowest BCUT2D eigenvalue weighted by molar-refractivity contribution is -0.120. The van der Waals surface area contributed by atoms with E-state index >= 15 is 0 Å². The molecule has 1 atom stereocenters. The third-order valence-corrected chi connectivity index (χ3v) is 3.06. The van der Waals surface area contributed by atoms with E-state index in [0.717, 1.165) is 11.3 Å². The molecule has 5 heteroatoms. The van der Waals surface area contributed by atoms with Crippen LogP contribution in [0.25, 0.3) is 0 Å². The average molecular weight is 273 g/mol. The van der Waals surface area contributed by atoms with E-state index in [-0.39, 0.29) is 11.2 Å². The zero-order valence-corrected chi connectivity index (χ0v) is 11.3. The van der Waals surface area contributed by atoms with Crippen LogP contribution in [-0.2, 0) is 17.8 Å². The van der Waals surface area contributed by atoms with Gasteiger partial charge in [-0.1, -0.05) is 30.3 Å². The minimum atomic E-state index is -0.362. The van der Waals surface area contributed by atoms with E-state index < -0.39 is 0 Å². The number of carbonyl (C=O) groups excluding carboxylic acids is 1. The number of hydrogen-bond donors (Lipinski definition) is 2. The molecular weight excluding hydrogens is 258 g/mol. The molecule has 1 N–H and O–H groups in total. The van der Waals surface area contributed by atoms with Crippen molar-refractivity contribution < 1.29 is 4.79 Å². The van der Waals surface area contributed by atoms with Crippen LogP contribution in [0, 0.1) is 0 Å². The second kappa shape index (κ2) is 6.89. The molecule has 2 rings (SSSR count). The van der Waals surface area contributed by atoms with E-state index in [4.69, 9.17) is 0 Å². The molecule has 1 aromatic heterocycles. The third kappa shape index (κ3) is 4.37. The Labute approximate surface area is 117 Å². The predicted octanol–water partition coefficient (Wildman–Crippen LogP) is 1.63. The highest BCUT2D eigenvalue weighted by molar-refractivity contribution is 7.81. The zero-order valence-electron chi connectivity index (χ0n) is 10.4. The van der Waals surface area contributed by atoms with Gasteiger partial charge in [-0.2, -0.15) is 22.8 Å². The van der Waals surface area contributed by atoms with E-state index in [1.165, 1.54) is 0 Å². The van der Waals surface area contributed by atoms with Crippen molar-refractivity contribution >= 4 is 18.5 Å². The standard InChI is InChI=1S/C14H15N3OS/c18-14(15-10-12-7-4-8-16-17-12)13(19)9-11-5-2-1-3-6-11/h1-8,13,19H,9-10H2,(H,15,18). The van der Waals surface area contributed by atoms with Crippen molar-refractivity contribution in [2.45, 2.75) is 18.2 Å². The van der Waals surface area contributed by atoms with Gasteiger partial charge in [0, 0.05) is 6.20 Å². The van der Waals surface area contributed by atoms with E-state index in [2.05, 4.69) is 28.1 Å². The summed E-state index contributed by atoms with van der Waals surface area (Å²) in [5, 5.41) is 10.1. The summed E-state index contributed by atoms with van der Waals surface area (Å²) in [6.45, 7) is 0.374. The Morgan fingerprint density at radius 1 is 1.21 bits per heavy atom. The molecule has 0 aliphatic carbocycles. The molecule has 1 unspecified atom stereocenters. The van der Waals surface area contributed by atoms with E-state index in [0.29, 0.717) is 13.0 Å². The molecule has 2 aromatic rings. The summed E-state index contributed by atoms with van der Waals surface area (Å²) in [4.78, 5) is 11.9. The molecule has 1 heterocycles.